The van der Waals surface area contributed by atoms with E-state index in [1.54, 1.807) is 37.1 Å². The molecule has 1 heterocycles. The molecule has 0 radical (unpaired) electrons. The van der Waals surface area contributed by atoms with Crippen LogP contribution in [0, 0.1) is 0 Å². The van der Waals surface area contributed by atoms with Crippen LogP contribution in [0.15, 0.2) is 76.8 Å². The average molecular weight is 561 g/mol. The predicted molar refractivity (Wildman–Crippen MR) is 148 cm³/mol. The quantitative estimate of drug-likeness (QED) is 0.216. The fourth-order valence-corrected chi connectivity index (χ4v) is 5.14. The van der Waals surface area contributed by atoms with Crippen LogP contribution in [0.3, 0.4) is 0 Å². The summed E-state index contributed by atoms with van der Waals surface area (Å²) < 4.78 is 7.15. The third-order valence-corrected chi connectivity index (χ3v) is 7.39. The van der Waals surface area contributed by atoms with Gasteiger partial charge in [-0.25, -0.2) is 4.79 Å². The number of amides is 2. The highest BCUT2D eigenvalue weighted by atomic mass is 35.5. The summed E-state index contributed by atoms with van der Waals surface area (Å²) in [4.78, 5) is 13.7. The van der Waals surface area contributed by atoms with Gasteiger partial charge in [-0.3, -0.25) is 4.57 Å². The molecule has 2 amide bonds. The number of nitrogens with one attached hydrogen (secondary N) is 2. The van der Waals surface area contributed by atoms with Crippen molar-refractivity contribution in [1.82, 2.24) is 20.1 Å². The van der Waals surface area contributed by atoms with Gasteiger partial charge in [0.15, 0.2) is 11.0 Å². The number of rotatable bonds is 9. The lowest BCUT2D eigenvalue weighted by Gasteiger charge is -2.13. The minimum absolute atomic E-state index is 0.139. The first-order valence-electron chi connectivity index (χ1n) is 10.8. The maximum Gasteiger partial charge on any atom is 0.319 e. The SMILES string of the molecule is COc1cccc(CSc2nnc(CNC(=O)Nc3ccc(SC)cc3)n2-c2ccc(Cl)cc2Cl)c1. The second-order valence-corrected chi connectivity index (χ2v) is 10.2. The standard InChI is InChI=1S/C25H23Cl2N5O2S2/c1-34-19-5-3-4-16(12-19)15-36-25-31-30-23(32(25)22-11-6-17(26)13-21(22)27)14-28-24(33)29-18-7-9-20(35-2)10-8-18/h3-13H,14-15H2,1-2H3,(H2,28,29,33). The van der Waals surface area contributed by atoms with Gasteiger partial charge in [-0.1, -0.05) is 47.1 Å². The Morgan fingerprint density at radius 1 is 1.06 bits per heavy atom. The molecule has 0 saturated heterocycles. The highest BCUT2D eigenvalue weighted by molar-refractivity contribution is 7.98. The molecule has 186 valence electrons. The smallest absolute Gasteiger partial charge is 0.319 e. The van der Waals surface area contributed by atoms with E-state index in [0.29, 0.717) is 38.2 Å². The Labute approximate surface area is 227 Å². The number of hydrogen-bond donors (Lipinski definition) is 2. The number of carbonyl (C=O) groups is 1. The Kier molecular flexibility index (Phi) is 9.03. The van der Waals surface area contributed by atoms with Crippen LogP contribution in [0.25, 0.3) is 5.69 Å². The lowest BCUT2D eigenvalue weighted by atomic mass is 10.2. The van der Waals surface area contributed by atoms with E-state index in [2.05, 4.69) is 20.8 Å². The number of benzene rings is 3. The van der Waals surface area contributed by atoms with Gasteiger partial charge in [-0.2, -0.15) is 0 Å². The molecule has 11 heteroatoms. The molecule has 0 bridgehead atoms. The molecule has 36 heavy (non-hydrogen) atoms. The molecule has 2 N–H and O–H groups in total. The number of halogens is 2. The minimum Gasteiger partial charge on any atom is -0.497 e. The van der Waals surface area contributed by atoms with E-state index < -0.39 is 0 Å². The summed E-state index contributed by atoms with van der Waals surface area (Å²) in [6, 6.07) is 20.3. The zero-order valence-corrected chi connectivity index (χ0v) is 22.6. The summed E-state index contributed by atoms with van der Waals surface area (Å²) in [5, 5.41) is 16.0. The van der Waals surface area contributed by atoms with Crippen LogP contribution in [0.1, 0.15) is 11.4 Å². The zero-order chi connectivity index (χ0) is 25.5. The lowest BCUT2D eigenvalue weighted by molar-refractivity contribution is 0.251. The van der Waals surface area contributed by atoms with Crippen LogP contribution < -0.4 is 15.4 Å². The van der Waals surface area contributed by atoms with Crippen LogP contribution in [-0.2, 0) is 12.3 Å². The predicted octanol–water partition coefficient (Wildman–Crippen LogP) is 6.92. The van der Waals surface area contributed by atoms with E-state index in [1.807, 2.05) is 59.4 Å². The van der Waals surface area contributed by atoms with E-state index in [1.165, 1.54) is 11.8 Å². The molecular weight excluding hydrogens is 537 g/mol. The molecule has 0 unspecified atom stereocenters. The Morgan fingerprint density at radius 3 is 2.58 bits per heavy atom. The molecule has 0 aliphatic carbocycles. The number of aromatic nitrogens is 3. The Bertz CT molecular complexity index is 1350. The second-order valence-electron chi connectivity index (χ2n) is 7.51. The van der Waals surface area contributed by atoms with Crippen molar-refractivity contribution in [3.8, 4) is 11.4 Å². The number of urea groups is 1. The zero-order valence-electron chi connectivity index (χ0n) is 19.5. The number of methoxy groups -OCH3 is 1. The summed E-state index contributed by atoms with van der Waals surface area (Å²) in [5.74, 6) is 1.95. The van der Waals surface area contributed by atoms with Crippen molar-refractivity contribution in [1.29, 1.82) is 0 Å². The van der Waals surface area contributed by atoms with Gasteiger partial charge in [0, 0.05) is 21.4 Å². The van der Waals surface area contributed by atoms with Gasteiger partial charge in [-0.15, -0.1) is 22.0 Å². The molecule has 0 aliphatic heterocycles. The lowest BCUT2D eigenvalue weighted by Crippen LogP contribution is -2.29. The number of nitrogens with zero attached hydrogens (tertiary/aromatic N) is 3. The maximum atomic E-state index is 12.5. The van der Waals surface area contributed by atoms with Crippen molar-refractivity contribution in [2.75, 3.05) is 18.7 Å². The van der Waals surface area contributed by atoms with Gasteiger partial charge in [0.2, 0.25) is 0 Å². The molecule has 3 aromatic carbocycles. The van der Waals surface area contributed by atoms with Gasteiger partial charge in [0.25, 0.3) is 0 Å². The minimum atomic E-state index is -0.353. The molecule has 1 aromatic heterocycles. The van der Waals surface area contributed by atoms with Crippen LogP contribution in [0.5, 0.6) is 5.75 Å². The third-order valence-electron chi connectivity index (χ3n) is 5.11. The van der Waals surface area contributed by atoms with Gasteiger partial charge < -0.3 is 15.4 Å². The molecule has 0 fully saturated rings. The second kappa shape index (κ2) is 12.4. The topological polar surface area (TPSA) is 81.1 Å². The van der Waals surface area contributed by atoms with Gasteiger partial charge in [0.1, 0.15) is 5.75 Å². The summed E-state index contributed by atoms with van der Waals surface area (Å²) >= 11 is 15.8. The van der Waals surface area contributed by atoms with Crippen molar-refractivity contribution in [3.05, 3.63) is 88.2 Å². The first-order valence-corrected chi connectivity index (χ1v) is 13.8. The van der Waals surface area contributed by atoms with Crippen molar-refractivity contribution in [2.45, 2.75) is 22.3 Å². The number of anilines is 1. The van der Waals surface area contributed by atoms with Gasteiger partial charge in [-0.05, 0) is 66.4 Å². The molecule has 0 saturated carbocycles. The normalized spacial score (nSPS) is 10.8. The molecular formula is C25H23Cl2N5O2S2. The first-order chi connectivity index (χ1) is 17.5. The summed E-state index contributed by atoms with van der Waals surface area (Å²) in [6.45, 7) is 0.139. The Hall–Kier alpha value is -2.85. The van der Waals surface area contributed by atoms with Crippen LogP contribution in [0.2, 0.25) is 10.0 Å². The summed E-state index contributed by atoms with van der Waals surface area (Å²) in [5.41, 5.74) is 2.44. The fraction of sp³-hybridized carbons (Fsp3) is 0.160. The van der Waals surface area contributed by atoms with Gasteiger partial charge in [0.05, 0.1) is 24.4 Å². The highest BCUT2D eigenvalue weighted by Gasteiger charge is 2.18. The maximum absolute atomic E-state index is 12.5. The van der Waals surface area contributed by atoms with Crippen LogP contribution in [0.4, 0.5) is 10.5 Å². The Morgan fingerprint density at radius 2 is 1.86 bits per heavy atom. The molecule has 0 aliphatic rings. The number of ether oxygens (including phenoxy) is 1. The van der Waals surface area contributed by atoms with E-state index in [9.17, 15) is 4.79 Å². The summed E-state index contributed by atoms with van der Waals surface area (Å²) in [6.07, 6.45) is 2.00. The number of carbonyl (C=O) groups excluding carboxylic acids is 1. The molecule has 7 nitrogen and oxygen atoms in total. The van der Waals surface area contributed by atoms with E-state index >= 15 is 0 Å². The molecule has 4 rings (SSSR count). The highest BCUT2D eigenvalue weighted by Crippen LogP contribution is 2.31. The largest absolute Gasteiger partial charge is 0.497 e. The number of hydrogen-bond acceptors (Lipinski definition) is 6. The molecule has 0 spiro atoms. The Balaban J connectivity index is 1.53. The number of thioether (sulfide) groups is 2. The van der Waals surface area contributed by atoms with Crippen molar-refractivity contribution < 1.29 is 9.53 Å². The van der Waals surface area contributed by atoms with E-state index in [4.69, 9.17) is 27.9 Å². The van der Waals surface area contributed by atoms with Gasteiger partial charge >= 0.3 is 6.03 Å². The first kappa shape index (κ1) is 26.2. The van der Waals surface area contributed by atoms with Crippen molar-refractivity contribution in [3.63, 3.8) is 0 Å². The molecule has 0 atom stereocenters. The molecule has 4 aromatic rings. The van der Waals surface area contributed by atoms with Crippen molar-refractivity contribution in [2.24, 2.45) is 0 Å². The van der Waals surface area contributed by atoms with Crippen LogP contribution >= 0.6 is 46.7 Å². The van der Waals surface area contributed by atoms with E-state index in [0.717, 1.165) is 16.2 Å². The van der Waals surface area contributed by atoms with Crippen molar-refractivity contribution >= 4 is 58.4 Å². The van der Waals surface area contributed by atoms with Crippen LogP contribution in [-0.4, -0.2) is 34.2 Å². The summed E-state index contributed by atoms with van der Waals surface area (Å²) in [7, 11) is 1.64. The van der Waals surface area contributed by atoms with E-state index in [-0.39, 0.29) is 12.6 Å². The third kappa shape index (κ3) is 6.67. The fourth-order valence-electron chi connectivity index (χ4n) is 3.33. The average Bonchev–Trinajstić information content (AvgIpc) is 3.29. The monoisotopic (exact) mass is 559 g/mol.